The van der Waals surface area contributed by atoms with Gasteiger partial charge in [-0.2, -0.15) is 18.3 Å². The summed E-state index contributed by atoms with van der Waals surface area (Å²) in [6.07, 6.45) is -3.25. The molecule has 2 aromatic rings. The molecule has 0 spiro atoms. The van der Waals surface area contributed by atoms with E-state index in [1.165, 1.54) is 25.2 Å². The third kappa shape index (κ3) is 4.44. The van der Waals surface area contributed by atoms with Crippen molar-refractivity contribution in [1.29, 1.82) is 0 Å². The summed E-state index contributed by atoms with van der Waals surface area (Å²) in [6, 6.07) is 0.454. The van der Waals surface area contributed by atoms with Crippen LogP contribution in [0.4, 0.5) is 13.2 Å². The Balaban J connectivity index is 1.68. The van der Waals surface area contributed by atoms with Gasteiger partial charge in [-0.05, 0) is 32.4 Å². The molecule has 27 heavy (non-hydrogen) atoms. The number of hydrogen-bond donors (Lipinski definition) is 1. The molecule has 1 N–H and O–H groups in total. The zero-order valence-corrected chi connectivity index (χ0v) is 15.7. The van der Waals surface area contributed by atoms with E-state index in [2.05, 4.69) is 15.4 Å². The van der Waals surface area contributed by atoms with Gasteiger partial charge in [-0.15, -0.1) is 11.3 Å². The van der Waals surface area contributed by atoms with Crippen molar-refractivity contribution in [3.8, 4) is 0 Å². The van der Waals surface area contributed by atoms with Gasteiger partial charge in [-0.25, -0.2) is 4.98 Å². The van der Waals surface area contributed by atoms with Crippen LogP contribution in [0.15, 0.2) is 11.4 Å². The molecular weight excluding hydrogens is 381 g/mol. The molecule has 2 unspecified atom stereocenters. The monoisotopic (exact) mass is 400 g/mol. The van der Waals surface area contributed by atoms with Crippen molar-refractivity contribution in [2.24, 2.45) is 0 Å². The molecule has 2 atom stereocenters. The van der Waals surface area contributed by atoms with E-state index in [1.54, 1.807) is 5.38 Å². The molecule has 0 aromatic carbocycles. The normalized spacial score (nSPS) is 20.6. The summed E-state index contributed by atoms with van der Waals surface area (Å²) in [6.45, 7) is 3.32. The Morgan fingerprint density at radius 3 is 2.74 bits per heavy atom. The van der Waals surface area contributed by atoms with Crippen LogP contribution in [0.25, 0.3) is 0 Å². The number of hydrogen-bond acceptors (Lipinski definition) is 6. The number of carbonyl (C=O) groups excluding carboxylic acids is 2. The van der Waals surface area contributed by atoms with E-state index in [-0.39, 0.29) is 29.7 Å². The summed E-state index contributed by atoms with van der Waals surface area (Å²) in [5.74, 6) is -0.278. The average molecular weight is 400 g/mol. The minimum absolute atomic E-state index is 0.0442. The van der Waals surface area contributed by atoms with E-state index in [4.69, 9.17) is 0 Å². The van der Waals surface area contributed by atoms with Crippen LogP contribution in [-0.4, -0.2) is 38.9 Å². The van der Waals surface area contributed by atoms with Gasteiger partial charge in [0.2, 0.25) is 0 Å². The highest BCUT2D eigenvalue weighted by molar-refractivity contribution is 7.09. The molecule has 10 heteroatoms. The van der Waals surface area contributed by atoms with Gasteiger partial charge < -0.3 is 5.32 Å². The topological polar surface area (TPSA) is 76.9 Å². The standard InChI is InChI=1S/C17H19F3N4O2S/c1-9-5-15(17(18,19)20)23-24(9)7-14(26)12-6-11(3-4-21-12)16-22-13(8-27-16)10(2)25/h5,8,11-12,21H,3-4,6-7H2,1-2H3. The van der Waals surface area contributed by atoms with Crippen molar-refractivity contribution < 1.29 is 22.8 Å². The summed E-state index contributed by atoms with van der Waals surface area (Å²) < 4.78 is 39.4. The number of alkyl halides is 3. The molecule has 3 rings (SSSR count). The summed E-state index contributed by atoms with van der Waals surface area (Å²) >= 11 is 1.40. The largest absolute Gasteiger partial charge is 0.435 e. The molecule has 0 bridgehead atoms. The number of Topliss-reactive ketones (excluding diaryl/α,β-unsaturated/α-hetero) is 2. The van der Waals surface area contributed by atoms with E-state index < -0.39 is 17.9 Å². The van der Waals surface area contributed by atoms with Crippen LogP contribution in [0.2, 0.25) is 0 Å². The fraction of sp³-hybridized carbons (Fsp3) is 0.529. The number of nitrogens with zero attached hydrogens (tertiary/aromatic N) is 3. The highest BCUT2D eigenvalue weighted by atomic mass is 32.1. The highest BCUT2D eigenvalue weighted by Crippen LogP contribution is 2.31. The van der Waals surface area contributed by atoms with Crippen molar-refractivity contribution in [3.05, 3.63) is 33.5 Å². The van der Waals surface area contributed by atoms with Gasteiger partial charge in [-0.1, -0.05) is 0 Å². The summed E-state index contributed by atoms with van der Waals surface area (Å²) in [4.78, 5) is 28.3. The Morgan fingerprint density at radius 1 is 1.41 bits per heavy atom. The van der Waals surface area contributed by atoms with E-state index in [0.717, 1.165) is 22.2 Å². The summed E-state index contributed by atoms with van der Waals surface area (Å²) in [5.41, 5.74) is -0.292. The predicted molar refractivity (Wildman–Crippen MR) is 92.9 cm³/mol. The quantitative estimate of drug-likeness (QED) is 0.781. The van der Waals surface area contributed by atoms with Gasteiger partial charge >= 0.3 is 6.18 Å². The van der Waals surface area contributed by atoms with Crippen LogP contribution in [0, 0.1) is 6.92 Å². The Morgan fingerprint density at radius 2 is 2.15 bits per heavy atom. The van der Waals surface area contributed by atoms with Crippen LogP contribution in [0.3, 0.4) is 0 Å². The molecule has 146 valence electrons. The number of piperidine rings is 1. The van der Waals surface area contributed by atoms with E-state index >= 15 is 0 Å². The summed E-state index contributed by atoms with van der Waals surface area (Å²) in [7, 11) is 0. The third-order valence-corrected chi connectivity index (χ3v) is 5.61. The van der Waals surface area contributed by atoms with E-state index in [0.29, 0.717) is 18.7 Å². The Bertz CT molecular complexity index is 859. The van der Waals surface area contributed by atoms with Gasteiger partial charge in [-0.3, -0.25) is 14.3 Å². The molecular formula is C17H19F3N4O2S. The highest BCUT2D eigenvalue weighted by Gasteiger charge is 2.35. The number of halogens is 3. The van der Waals surface area contributed by atoms with Crippen molar-refractivity contribution >= 4 is 22.9 Å². The maximum atomic E-state index is 12.8. The molecule has 0 aliphatic carbocycles. The molecule has 0 saturated carbocycles. The lowest BCUT2D eigenvalue weighted by molar-refractivity contribution is -0.141. The Labute approximate surface area is 157 Å². The van der Waals surface area contributed by atoms with Crippen molar-refractivity contribution in [2.45, 2.75) is 51.4 Å². The minimum Gasteiger partial charge on any atom is -0.307 e. The van der Waals surface area contributed by atoms with Crippen molar-refractivity contribution in [2.75, 3.05) is 6.54 Å². The van der Waals surface area contributed by atoms with Crippen LogP contribution < -0.4 is 5.32 Å². The summed E-state index contributed by atoms with van der Waals surface area (Å²) in [5, 5.41) is 9.16. The average Bonchev–Trinajstić information content (AvgIpc) is 3.22. The first kappa shape index (κ1) is 19.7. The van der Waals surface area contributed by atoms with Crippen LogP contribution in [0.1, 0.15) is 52.6 Å². The molecule has 1 aliphatic rings. The maximum Gasteiger partial charge on any atom is 0.435 e. The molecule has 1 saturated heterocycles. The lowest BCUT2D eigenvalue weighted by atomic mass is 9.91. The van der Waals surface area contributed by atoms with Gasteiger partial charge in [0, 0.05) is 23.9 Å². The lowest BCUT2D eigenvalue weighted by Gasteiger charge is -2.28. The van der Waals surface area contributed by atoms with Gasteiger partial charge in [0.1, 0.15) is 12.2 Å². The molecule has 3 heterocycles. The number of aromatic nitrogens is 3. The van der Waals surface area contributed by atoms with Crippen LogP contribution in [0.5, 0.6) is 0 Å². The number of thiazole rings is 1. The number of aryl methyl sites for hydroxylation is 1. The van der Waals surface area contributed by atoms with Crippen LogP contribution in [-0.2, 0) is 17.5 Å². The van der Waals surface area contributed by atoms with E-state index in [1.807, 2.05) is 0 Å². The number of nitrogens with one attached hydrogen (secondary N) is 1. The fourth-order valence-electron chi connectivity index (χ4n) is 3.09. The minimum atomic E-state index is -4.54. The third-order valence-electron chi connectivity index (χ3n) is 4.60. The Kier molecular flexibility index (Phi) is 5.48. The first-order valence-corrected chi connectivity index (χ1v) is 9.37. The second kappa shape index (κ2) is 7.51. The zero-order chi connectivity index (χ0) is 19.8. The predicted octanol–water partition coefficient (Wildman–Crippen LogP) is 2.97. The van der Waals surface area contributed by atoms with Gasteiger partial charge in [0.05, 0.1) is 11.0 Å². The molecule has 0 amide bonds. The van der Waals surface area contributed by atoms with E-state index in [9.17, 15) is 22.8 Å². The first-order valence-electron chi connectivity index (χ1n) is 8.49. The maximum absolute atomic E-state index is 12.8. The van der Waals surface area contributed by atoms with Gasteiger partial charge in [0.25, 0.3) is 0 Å². The first-order chi connectivity index (χ1) is 12.6. The zero-order valence-electron chi connectivity index (χ0n) is 14.8. The number of ketones is 2. The lowest BCUT2D eigenvalue weighted by Crippen LogP contribution is -2.44. The van der Waals surface area contributed by atoms with Crippen LogP contribution >= 0.6 is 11.3 Å². The number of rotatable bonds is 5. The van der Waals surface area contributed by atoms with Crippen molar-refractivity contribution in [3.63, 3.8) is 0 Å². The number of carbonyl (C=O) groups is 2. The Hall–Kier alpha value is -2.07. The fourth-order valence-corrected chi connectivity index (χ4v) is 4.10. The molecule has 6 nitrogen and oxygen atoms in total. The second-order valence-corrected chi connectivity index (χ2v) is 7.54. The second-order valence-electron chi connectivity index (χ2n) is 6.65. The molecule has 0 radical (unpaired) electrons. The smallest absolute Gasteiger partial charge is 0.307 e. The van der Waals surface area contributed by atoms with Crippen molar-refractivity contribution in [1.82, 2.24) is 20.1 Å². The SMILES string of the molecule is CC(=O)c1csc(C2CCNC(C(=O)Cn3nc(C(F)(F)F)cc3C)C2)n1. The molecule has 1 fully saturated rings. The molecule has 1 aliphatic heterocycles. The van der Waals surface area contributed by atoms with Gasteiger partial charge in [0.15, 0.2) is 17.3 Å². The molecule has 2 aromatic heterocycles.